The zero-order chi connectivity index (χ0) is 9.26. The quantitative estimate of drug-likeness (QED) is 0.673. The van der Waals surface area contributed by atoms with Crippen molar-refractivity contribution >= 4 is 0 Å². The van der Waals surface area contributed by atoms with Gasteiger partial charge in [0.1, 0.15) is 6.10 Å². The maximum absolute atomic E-state index is 9.25. The van der Waals surface area contributed by atoms with E-state index in [9.17, 15) is 5.11 Å². The summed E-state index contributed by atoms with van der Waals surface area (Å²) in [4.78, 5) is 0. The summed E-state index contributed by atoms with van der Waals surface area (Å²) in [5.74, 6) is 0. The molecule has 3 unspecified atom stereocenters. The lowest BCUT2D eigenvalue weighted by Crippen LogP contribution is -2.18. The van der Waals surface area contributed by atoms with Crippen molar-refractivity contribution in [3.05, 3.63) is 35.9 Å². The highest BCUT2D eigenvalue weighted by molar-refractivity contribution is 5.18. The van der Waals surface area contributed by atoms with E-state index in [1.165, 1.54) is 0 Å². The average Bonchev–Trinajstić information content (AvgIpc) is 2.49. The molecule has 3 heteroatoms. The smallest absolute Gasteiger partial charge is 0.181 e. The van der Waals surface area contributed by atoms with Crippen LogP contribution in [0.1, 0.15) is 18.1 Å². The van der Waals surface area contributed by atoms with Crippen molar-refractivity contribution in [3.8, 4) is 0 Å². The number of ether oxygens (including phenoxy) is 1. The van der Waals surface area contributed by atoms with E-state index in [0.29, 0.717) is 6.42 Å². The van der Waals surface area contributed by atoms with Gasteiger partial charge in [0, 0.05) is 6.42 Å². The molecule has 3 nitrogen and oxygen atoms in total. The Labute approximate surface area is 76.6 Å². The number of hydrogen-bond acceptors (Lipinski definition) is 3. The monoisotopic (exact) mass is 180 g/mol. The average molecular weight is 180 g/mol. The number of benzene rings is 1. The van der Waals surface area contributed by atoms with Crippen molar-refractivity contribution in [3.63, 3.8) is 0 Å². The molecule has 1 saturated heterocycles. The predicted molar refractivity (Wildman–Crippen MR) is 46.9 cm³/mol. The van der Waals surface area contributed by atoms with Crippen LogP contribution in [0.5, 0.6) is 0 Å². The minimum Gasteiger partial charge on any atom is -0.388 e. The second-order valence-electron chi connectivity index (χ2n) is 3.23. The lowest BCUT2D eigenvalue weighted by atomic mass is 10.1. The predicted octanol–water partition coefficient (Wildman–Crippen LogP) is 0.827. The van der Waals surface area contributed by atoms with Crippen LogP contribution in [0.25, 0.3) is 0 Å². The first-order valence-corrected chi connectivity index (χ1v) is 4.34. The van der Waals surface area contributed by atoms with Gasteiger partial charge in [-0.05, 0) is 5.56 Å². The molecule has 0 aliphatic carbocycles. The molecule has 1 aromatic carbocycles. The number of hydrogen-bond donors (Lipinski definition) is 2. The van der Waals surface area contributed by atoms with E-state index in [4.69, 9.17) is 9.84 Å². The zero-order valence-electron chi connectivity index (χ0n) is 7.13. The van der Waals surface area contributed by atoms with Gasteiger partial charge in [-0.15, -0.1) is 0 Å². The third kappa shape index (κ3) is 1.72. The van der Waals surface area contributed by atoms with Gasteiger partial charge in [-0.2, -0.15) is 0 Å². The first kappa shape index (κ1) is 8.69. The van der Waals surface area contributed by atoms with Crippen LogP contribution in [-0.4, -0.2) is 22.6 Å². The fourth-order valence-corrected chi connectivity index (χ4v) is 1.53. The molecular formula is C10H12O3. The van der Waals surface area contributed by atoms with Crippen molar-refractivity contribution in [2.75, 3.05) is 0 Å². The summed E-state index contributed by atoms with van der Waals surface area (Å²) >= 11 is 0. The van der Waals surface area contributed by atoms with Crippen molar-refractivity contribution in [1.82, 2.24) is 0 Å². The van der Waals surface area contributed by atoms with E-state index in [1.807, 2.05) is 30.3 Å². The molecule has 0 saturated carbocycles. The molecule has 3 atom stereocenters. The molecule has 1 fully saturated rings. The Morgan fingerprint density at radius 2 is 1.85 bits per heavy atom. The highest BCUT2D eigenvalue weighted by atomic mass is 16.6. The summed E-state index contributed by atoms with van der Waals surface area (Å²) in [6.07, 6.45) is -1.51. The summed E-state index contributed by atoms with van der Waals surface area (Å²) in [7, 11) is 0. The van der Waals surface area contributed by atoms with Gasteiger partial charge in [0.25, 0.3) is 0 Å². The van der Waals surface area contributed by atoms with E-state index in [1.54, 1.807) is 0 Å². The van der Waals surface area contributed by atoms with Gasteiger partial charge < -0.3 is 14.9 Å². The summed E-state index contributed by atoms with van der Waals surface area (Å²) in [6.45, 7) is 0. The van der Waals surface area contributed by atoms with Crippen LogP contribution in [0, 0.1) is 0 Å². The fourth-order valence-electron chi connectivity index (χ4n) is 1.53. The van der Waals surface area contributed by atoms with Gasteiger partial charge in [0.05, 0.1) is 6.10 Å². The highest BCUT2D eigenvalue weighted by Gasteiger charge is 2.32. The Balaban J connectivity index is 2.12. The zero-order valence-corrected chi connectivity index (χ0v) is 7.13. The van der Waals surface area contributed by atoms with E-state index in [-0.39, 0.29) is 6.10 Å². The first-order chi connectivity index (χ1) is 6.27. The van der Waals surface area contributed by atoms with Crippen molar-refractivity contribution in [2.24, 2.45) is 0 Å². The third-order valence-corrected chi connectivity index (χ3v) is 2.26. The van der Waals surface area contributed by atoms with Gasteiger partial charge in [-0.25, -0.2) is 0 Å². The van der Waals surface area contributed by atoms with Gasteiger partial charge in [0.2, 0.25) is 0 Å². The van der Waals surface area contributed by atoms with Crippen LogP contribution < -0.4 is 0 Å². The molecule has 0 aromatic heterocycles. The van der Waals surface area contributed by atoms with E-state index < -0.39 is 12.4 Å². The second kappa shape index (κ2) is 3.46. The standard InChI is InChI=1S/C10H12O3/c11-8-6-9(13-10(8)12)7-4-2-1-3-5-7/h1-5,8-12H,6H2. The molecule has 1 aromatic rings. The molecule has 1 aliphatic heterocycles. The van der Waals surface area contributed by atoms with Crippen LogP contribution in [-0.2, 0) is 4.74 Å². The topological polar surface area (TPSA) is 49.7 Å². The molecule has 0 bridgehead atoms. The highest BCUT2D eigenvalue weighted by Crippen LogP contribution is 2.31. The summed E-state index contributed by atoms with van der Waals surface area (Å²) < 4.78 is 5.17. The van der Waals surface area contributed by atoms with E-state index in [2.05, 4.69) is 0 Å². The second-order valence-corrected chi connectivity index (χ2v) is 3.23. The molecule has 0 amide bonds. The maximum Gasteiger partial charge on any atom is 0.181 e. The van der Waals surface area contributed by atoms with Crippen molar-refractivity contribution in [2.45, 2.75) is 24.9 Å². The molecule has 2 rings (SSSR count). The lowest BCUT2D eigenvalue weighted by Gasteiger charge is -2.09. The summed E-state index contributed by atoms with van der Waals surface area (Å²) in [5.41, 5.74) is 0.998. The number of rotatable bonds is 1. The normalized spacial score (nSPS) is 33.5. The van der Waals surface area contributed by atoms with Gasteiger partial charge in [0.15, 0.2) is 6.29 Å². The van der Waals surface area contributed by atoms with Crippen molar-refractivity contribution in [1.29, 1.82) is 0 Å². The molecule has 13 heavy (non-hydrogen) atoms. The first-order valence-electron chi connectivity index (χ1n) is 4.34. The third-order valence-electron chi connectivity index (χ3n) is 2.26. The Kier molecular flexibility index (Phi) is 2.31. The Bertz CT molecular complexity index is 263. The van der Waals surface area contributed by atoms with Crippen LogP contribution in [0.15, 0.2) is 30.3 Å². The lowest BCUT2D eigenvalue weighted by molar-refractivity contribution is -0.127. The minimum absolute atomic E-state index is 0.175. The SMILES string of the molecule is OC1CC(c2ccccc2)OC1O. The summed E-state index contributed by atoms with van der Waals surface area (Å²) in [6, 6.07) is 9.60. The molecule has 70 valence electrons. The Morgan fingerprint density at radius 3 is 2.38 bits per heavy atom. The van der Waals surface area contributed by atoms with E-state index in [0.717, 1.165) is 5.56 Å². The molecular weight excluding hydrogens is 168 g/mol. The van der Waals surface area contributed by atoms with Crippen LogP contribution in [0.2, 0.25) is 0 Å². The Hall–Kier alpha value is -0.900. The van der Waals surface area contributed by atoms with Gasteiger partial charge >= 0.3 is 0 Å². The molecule has 0 radical (unpaired) electrons. The molecule has 0 spiro atoms. The maximum atomic E-state index is 9.25. The van der Waals surface area contributed by atoms with Crippen LogP contribution in [0.3, 0.4) is 0 Å². The van der Waals surface area contributed by atoms with E-state index >= 15 is 0 Å². The van der Waals surface area contributed by atoms with Crippen molar-refractivity contribution < 1.29 is 14.9 Å². The molecule has 1 aliphatic rings. The van der Waals surface area contributed by atoms with Crippen LogP contribution in [0.4, 0.5) is 0 Å². The van der Waals surface area contributed by atoms with Gasteiger partial charge in [-0.1, -0.05) is 30.3 Å². The van der Waals surface area contributed by atoms with Crippen LogP contribution >= 0.6 is 0 Å². The largest absolute Gasteiger partial charge is 0.388 e. The van der Waals surface area contributed by atoms with Gasteiger partial charge in [-0.3, -0.25) is 0 Å². The minimum atomic E-state index is -1.04. The Morgan fingerprint density at radius 1 is 1.15 bits per heavy atom. The number of aliphatic hydroxyl groups excluding tert-OH is 2. The molecule has 1 heterocycles. The number of aliphatic hydroxyl groups is 2. The molecule has 2 N–H and O–H groups in total. The fraction of sp³-hybridized carbons (Fsp3) is 0.400. The summed E-state index contributed by atoms with van der Waals surface area (Å²) in [5, 5.41) is 18.4.